The maximum Gasteiger partial charge on any atom is 0.322 e. The summed E-state index contributed by atoms with van der Waals surface area (Å²) in [6, 6.07) is 0. The van der Waals surface area contributed by atoms with Gasteiger partial charge in [0.25, 0.3) is 0 Å². The lowest BCUT2D eigenvalue weighted by atomic mass is 10.1. The third kappa shape index (κ3) is 3.70. The van der Waals surface area contributed by atoms with Gasteiger partial charge in [-0.25, -0.2) is 0 Å². The van der Waals surface area contributed by atoms with E-state index in [0.717, 1.165) is 0 Å². The fourth-order valence-electron chi connectivity index (χ4n) is 1.35. The molecule has 0 radical (unpaired) electrons. The normalized spacial score (nSPS) is 37.1. The van der Waals surface area contributed by atoms with Crippen molar-refractivity contribution in [2.45, 2.75) is 24.5 Å². The zero-order valence-electron chi connectivity index (χ0n) is 8.02. The zero-order valence-corrected chi connectivity index (χ0v) is 9.73. The van der Waals surface area contributed by atoms with E-state index in [2.05, 4.69) is 11.8 Å². The van der Waals surface area contributed by atoms with Crippen LogP contribution in [-0.2, 0) is 25.8 Å². The molecule has 1 unspecified atom stereocenters. The van der Waals surface area contributed by atoms with E-state index in [-0.39, 0.29) is 6.61 Å². The molecule has 5 N–H and O–H groups in total. The Kier molecular flexibility index (Phi) is 4.60. The van der Waals surface area contributed by atoms with E-state index in [4.69, 9.17) is 29.5 Å². The highest BCUT2D eigenvalue weighted by molar-refractivity contribution is 8.06. The maximum absolute atomic E-state index is 9.54. The largest absolute Gasteiger partial charge is 0.386 e. The zero-order chi connectivity index (χ0) is 11.6. The lowest BCUT2D eigenvalue weighted by molar-refractivity contribution is -0.0282. The lowest BCUT2D eigenvalue weighted by Crippen LogP contribution is -2.38. The molecule has 7 nitrogen and oxygen atoms in total. The molecule has 0 aliphatic carbocycles. The van der Waals surface area contributed by atoms with Crippen LogP contribution in [0.2, 0.25) is 0 Å². The van der Waals surface area contributed by atoms with Gasteiger partial charge in [0.05, 0.1) is 6.61 Å². The van der Waals surface area contributed by atoms with Crippen molar-refractivity contribution in [2.24, 2.45) is 5.73 Å². The van der Waals surface area contributed by atoms with Crippen molar-refractivity contribution in [3.05, 3.63) is 0 Å². The quantitative estimate of drug-likeness (QED) is 0.440. The monoisotopic (exact) mass is 259 g/mol. The van der Waals surface area contributed by atoms with Gasteiger partial charge in [0.2, 0.25) is 0 Å². The number of methoxy groups -OCH3 is 1. The highest BCUT2D eigenvalue weighted by atomic mass is 32.5. The Hall–Kier alpha value is 0.370. The smallest absolute Gasteiger partial charge is 0.322 e. The average molecular weight is 259 g/mol. The maximum atomic E-state index is 9.54. The summed E-state index contributed by atoms with van der Waals surface area (Å²) in [5.41, 5.74) is 5.42. The van der Waals surface area contributed by atoms with Gasteiger partial charge in [0.1, 0.15) is 24.5 Å². The van der Waals surface area contributed by atoms with E-state index in [1.54, 1.807) is 0 Å². The highest BCUT2D eigenvalue weighted by Crippen LogP contribution is 2.41. The van der Waals surface area contributed by atoms with Crippen LogP contribution in [0.5, 0.6) is 0 Å². The second kappa shape index (κ2) is 5.13. The van der Waals surface area contributed by atoms with E-state index in [0.29, 0.717) is 0 Å². The van der Waals surface area contributed by atoms with E-state index >= 15 is 0 Å². The van der Waals surface area contributed by atoms with Crippen molar-refractivity contribution >= 4 is 18.5 Å². The van der Waals surface area contributed by atoms with E-state index in [1.807, 2.05) is 0 Å². The number of aliphatic hydroxyl groups excluding tert-OH is 1. The van der Waals surface area contributed by atoms with Crippen molar-refractivity contribution in [1.29, 1.82) is 0 Å². The molecule has 90 valence electrons. The van der Waals surface area contributed by atoms with Crippen LogP contribution in [0, 0.1) is 0 Å². The second-order valence-electron chi connectivity index (χ2n) is 3.15. The van der Waals surface area contributed by atoms with E-state index < -0.39 is 31.3 Å². The molecule has 0 aromatic rings. The van der Waals surface area contributed by atoms with Crippen molar-refractivity contribution in [3.8, 4) is 0 Å². The summed E-state index contributed by atoms with van der Waals surface area (Å²) in [5, 5.41) is 9.54. The Morgan fingerprint density at radius 3 is 2.60 bits per heavy atom. The Balaban J connectivity index is 2.68. The Morgan fingerprint density at radius 1 is 1.53 bits per heavy atom. The van der Waals surface area contributed by atoms with Crippen LogP contribution in [0.3, 0.4) is 0 Å². The van der Waals surface area contributed by atoms with E-state index in [9.17, 15) is 5.11 Å². The van der Waals surface area contributed by atoms with Crippen LogP contribution in [0.15, 0.2) is 0 Å². The summed E-state index contributed by atoms with van der Waals surface area (Å²) in [6.45, 7) is -3.74. The van der Waals surface area contributed by atoms with Gasteiger partial charge in [-0.05, 0) is 11.8 Å². The van der Waals surface area contributed by atoms with Crippen LogP contribution >= 0.6 is 6.72 Å². The third-order valence-electron chi connectivity index (χ3n) is 1.96. The molecule has 9 heteroatoms. The topological polar surface area (TPSA) is 114 Å². The standard InChI is InChI=1S/C6H14NO6PS/c1-11-2-3-5(13-14(9,10)15)4(8)6(7)12-3/h3-6,8H,2,7H2,1H3,(H2,9,10,15)/t3-,4+,5?,6-/m1/s1. The van der Waals surface area contributed by atoms with Crippen LogP contribution in [0.1, 0.15) is 0 Å². The molecule has 0 amide bonds. The Bertz CT molecular complexity index is 260. The molecule has 1 heterocycles. The fourth-order valence-corrected chi connectivity index (χ4v) is 2.23. The molecule has 0 saturated carbocycles. The molecular formula is C6H14NO6PS. The van der Waals surface area contributed by atoms with Gasteiger partial charge in [-0.1, -0.05) is 0 Å². The SMILES string of the molecule is COC[C@H]1O[C@@H](N)[C@@H](O)C1OP(O)(O)=S. The molecule has 4 atom stereocenters. The van der Waals surface area contributed by atoms with Crippen LogP contribution in [0.25, 0.3) is 0 Å². The molecule has 0 spiro atoms. The van der Waals surface area contributed by atoms with Crippen molar-refractivity contribution in [1.82, 2.24) is 0 Å². The lowest BCUT2D eigenvalue weighted by Gasteiger charge is -2.21. The molecule has 15 heavy (non-hydrogen) atoms. The fraction of sp³-hybridized carbons (Fsp3) is 1.00. The van der Waals surface area contributed by atoms with Gasteiger partial charge in [-0.15, -0.1) is 0 Å². The number of aliphatic hydroxyl groups is 1. The average Bonchev–Trinajstić information content (AvgIpc) is 2.32. The Morgan fingerprint density at radius 2 is 2.13 bits per heavy atom. The summed E-state index contributed by atoms with van der Waals surface area (Å²) in [7, 11) is 1.44. The van der Waals surface area contributed by atoms with Crippen LogP contribution < -0.4 is 5.73 Å². The summed E-state index contributed by atoms with van der Waals surface area (Å²) in [4.78, 5) is 18.0. The van der Waals surface area contributed by atoms with Crippen molar-refractivity contribution in [3.63, 3.8) is 0 Å². The van der Waals surface area contributed by atoms with Crippen LogP contribution in [-0.4, -0.2) is 53.1 Å². The van der Waals surface area contributed by atoms with Gasteiger partial charge in [0, 0.05) is 7.11 Å². The predicted molar refractivity (Wildman–Crippen MR) is 54.3 cm³/mol. The molecule has 0 aromatic heterocycles. The minimum atomic E-state index is -3.86. The summed E-state index contributed by atoms with van der Waals surface area (Å²) >= 11 is 4.30. The number of ether oxygens (including phenoxy) is 2. The van der Waals surface area contributed by atoms with Crippen molar-refractivity contribution in [2.75, 3.05) is 13.7 Å². The number of rotatable bonds is 4. The summed E-state index contributed by atoms with van der Waals surface area (Å²) < 4.78 is 14.7. The Labute approximate surface area is 92.0 Å². The molecule has 1 aliphatic rings. The number of hydrogen-bond acceptors (Lipinski definition) is 6. The molecule has 0 bridgehead atoms. The molecule has 1 saturated heterocycles. The van der Waals surface area contributed by atoms with Gasteiger partial charge < -0.3 is 30.1 Å². The minimum absolute atomic E-state index is 0.116. The highest BCUT2D eigenvalue weighted by Gasteiger charge is 2.44. The van der Waals surface area contributed by atoms with Crippen LogP contribution in [0.4, 0.5) is 0 Å². The molecule has 1 fully saturated rings. The first-order valence-corrected chi connectivity index (χ1v) is 6.79. The van der Waals surface area contributed by atoms with Gasteiger partial charge >= 0.3 is 6.72 Å². The number of nitrogens with two attached hydrogens (primary N) is 1. The van der Waals surface area contributed by atoms with Gasteiger partial charge in [0.15, 0.2) is 0 Å². The van der Waals surface area contributed by atoms with Gasteiger partial charge in [-0.2, -0.15) is 0 Å². The first kappa shape index (κ1) is 13.4. The predicted octanol–water partition coefficient (Wildman–Crippen LogP) is -1.73. The molecular weight excluding hydrogens is 245 g/mol. The third-order valence-corrected chi connectivity index (χ3v) is 2.74. The number of hydrogen-bond donors (Lipinski definition) is 4. The van der Waals surface area contributed by atoms with Crippen molar-refractivity contribution < 1.29 is 28.9 Å². The first-order valence-electron chi connectivity index (χ1n) is 4.17. The summed E-state index contributed by atoms with van der Waals surface area (Å²) in [5.74, 6) is 0. The minimum Gasteiger partial charge on any atom is -0.386 e. The van der Waals surface area contributed by atoms with Gasteiger partial charge in [-0.3, -0.25) is 4.52 Å². The van der Waals surface area contributed by atoms with E-state index in [1.165, 1.54) is 7.11 Å². The molecule has 1 aliphatic heterocycles. The molecule has 0 aromatic carbocycles. The first-order chi connectivity index (χ1) is 6.85. The second-order valence-corrected chi connectivity index (χ2v) is 5.76. The summed E-state index contributed by atoms with van der Waals surface area (Å²) in [6.07, 6.45) is -3.76. The molecule has 1 rings (SSSR count).